The molecule has 0 aromatic heterocycles. The maximum atomic E-state index is 12.3. The fourth-order valence-corrected chi connectivity index (χ4v) is 8.78. The molecular formula is C25H42O3. The van der Waals surface area contributed by atoms with Crippen LogP contribution >= 0.6 is 0 Å². The van der Waals surface area contributed by atoms with Crippen molar-refractivity contribution in [1.82, 2.24) is 0 Å². The van der Waals surface area contributed by atoms with E-state index in [0.717, 1.165) is 62.7 Å². The molecule has 0 spiro atoms. The quantitative estimate of drug-likeness (QED) is 0.640. The van der Waals surface area contributed by atoms with Gasteiger partial charge in [0.25, 0.3) is 0 Å². The highest BCUT2D eigenvalue weighted by Crippen LogP contribution is 2.68. The summed E-state index contributed by atoms with van der Waals surface area (Å²) in [6, 6.07) is 0. The van der Waals surface area contributed by atoms with E-state index in [9.17, 15) is 9.90 Å². The maximum Gasteiger partial charge on any atom is 0.133 e. The first-order valence-electron chi connectivity index (χ1n) is 12.1. The standard InChI is InChI=1S/C25H42O3/c1-17(27)20-8-9-21-19-7-6-18-16-25(28,11-4-5-15-26)14-13-23(18,2)22(19)10-12-24(20,21)3/h18-22,26,28H,4-16H2,1-3H3/t18-,19+,20-,21+,22+,23+,24-,25-/m1/s1. The SMILES string of the molecule is CC(=O)[C@H]1CC[C@H]2[C@@H]3CC[C@@H]4C[C@@](O)(CCCCO)CC[C@]4(C)[C@H]3CC[C@]12C. The topological polar surface area (TPSA) is 57.5 Å². The first-order chi connectivity index (χ1) is 13.2. The molecule has 0 heterocycles. The molecule has 4 aliphatic carbocycles. The molecular weight excluding hydrogens is 348 g/mol. The molecule has 0 aromatic rings. The molecule has 4 aliphatic rings. The van der Waals surface area contributed by atoms with Gasteiger partial charge < -0.3 is 10.2 Å². The molecule has 0 bridgehead atoms. The molecule has 0 unspecified atom stereocenters. The van der Waals surface area contributed by atoms with E-state index in [1.807, 2.05) is 6.92 Å². The van der Waals surface area contributed by atoms with Crippen molar-refractivity contribution in [2.75, 3.05) is 6.61 Å². The van der Waals surface area contributed by atoms with E-state index in [1.165, 1.54) is 32.1 Å². The van der Waals surface area contributed by atoms with E-state index < -0.39 is 5.60 Å². The molecule has 160 valence electrons. The minimum absolute atomic E-state index is 0.238. The zero-order valence-corrected chi connectivity index (χ0v) is 18.4. The van der Waals surface area contributed by atoms with E-state index >= 15 is 0 Å². The van der Waals surface area contributed by atoms with Crippen LogP contribution < -0.4 is 0 Å². The van der Waals surface area contributed by atoms with Crippen LogP contribution in [0.2, 0.25) is 0 Å². The summed E-state index contributed by atoms with van der Waals surface area (Å²) in [5.74, 6) is 3.70. The number of rotatable bonds is 5. The third kappa shape index (κ3) is 3.20. The average Bonchev–Trinajstić information content (AvgIpc) is 3.00. The minimum atomic E-state index is -0.498. The molecule has 0 aliphatic heterocycles. The summed E-state index contributed by atoms with van der Waals surface area (Å²) in [6.07, 6.45) is 13.1. The summed E-state index contributed by atoms with van der Waals surface area (Å²) < 4.78 is 0. The summed E-state index contributed by atoms with van der Waals surface area (Å²) in [5, 5.41) is 20.3. The van der Waals surface area contributed by atoms with Gasteiger partial charge in [0, 0.05) is 12.5 Å². The van der Waals surface area contributed by atoms with Crippen LogP contribution in [0, 0.1) is 40.4 Å². The van der Waals surface area contributed by atoms with Gasteiger partial charge in [0.15, 0.2) is 0 Å². The Bertz CT molecular complexity index is 603. The van der Waals surface area contributed by atoms with Crippen LogP contribution in [0.4, 0.5) is 0 Å². The molecule has 0 radical (unpaired) electrons. The molecule has 3 nitrogen and oxygen atoms in total. The number of hydrogen-bond acceptors (Lipinski definition) is 3. The highest BCUT2D eigenvalue weighted by atomic mass is 16.3. The molecule has 3 heteroatoms. The first-order valence-corrected chi connectivity index (χ1v) is 12.1. The number of unbranched alkanes of at least 4 members (excludes halogenated alkanes) is 1. The molecule has 4 fully saturated rings. The second-order valence-electron chi connectivity index (χ2n) is 11.6. The lowest BCUT2D eigenvalue weighted by Crippen LogP contribution is -2.56. The van der Waals surface area contributed by atoms with Crippen molar-refractivity contribution in [3.8, 4) is 0 Å². The van der Waals surface area contributed by atoms with Gasteiger partial charge in [-0.3, -0.25) is 4.79 Å². The minimum Gasteiger partial charge on any atom is -0.396 e. The van der Waals surface area contributed by atoms with Gasteiger partial charge >= 0.3 is 0 Å². The number of hydrogen-bond donors (Lipinski definition) is 2. The van der Waals surface area contributed by atoms with Crippen molar-refractivity contribution < 1.29 is 15.0 Å². The Kier molecular flexibility index (Phi) is 5.49. The second-order valence-corrected chi connectivity index (χ2v) is 11.6. The van der Waals surface area contributed by atoms with Crippen molar-refractivity contribution in [3.05, 3.63) is 0 Å². The number of carbonyl (C=O) groups is 1. The molecule has 8 atom stereocenters. The fourth-order valence-electron chi connectivity index (χ4n) is 8.78. The highest BCUT2D eigenvalue weighted by molar-refractivity contribution is 5.79. The molecule has 4 rings (SSSR count). The van der Waals surface area contributed by atoms with Crippen LogP contribution in [-0.4, -0.2) is 28.2 Å². The van der Waals surface area contributed by atoms with Gasteiger partial charge in [-0.2, -0.15) is 0 Å². The van der Waals surface area contributed by atoms with Gasteiger partial charge in [-0.15, -0.1) is 0 Å². The van der Waals surface area contributed by atoms with Crippen molar-refractivity contribution in [2.24, 2.45) is 40.4 Å². The number of carbonyl (C=O) groups excluding carboxylic acids is 1. The number of aliphatic hydroxyl groups is 2. The zero-order valence-electron chi connectivity index (χ0n) is 18.4. The normalized spacial score (nSPS) is 50.5. The monoisotopic (exact) mass is 390 g/mol. The van der Waals surface area contributed by atoms with Crippen LogP contribution in [0.15, 0.2) is 0 Å². The van der Waals surface area contributed by atoms with Crippen LogP contribution in [0.3, 0.4) is 0 Å². The van der Waals surface area contributed by atoms with Crippen molar-refractivity contribution in [3.63, 3.8) is 0 Å². The third-order valence-electron chi connectivity index (χ3n) is 10.4. The summed E-state index contributed by atoms with van der Waals surface area (Å²) >= 11 is 0. The number of ketones is 1. The van der Waals surface area contributed by atoms with Gasteiger partial charge in [0.2, 0.25) is 0 Å². The predicted octanol–water partition coefficient (Wildman–Crippen LogP) is 5.13. The molecule has 4 saturated carbocycles. The smallest absolute Gasteiger partial charge is 0.133 e. The van der Waals surface area contributed by atoms with Crippen molar-refractivity contribution in [1.29, 1.82) is 0 Å². The Balaban J connectivity index is 1.50. The molecule has 2 N–H and O–H groups in total. The van der Waals surface area contributed by atoms with E-state index in [2.05, 4.69) is 13.8 Å². The van der Waals surface area contributed by atoms with Crippen LogP contribution in [0.1, 0.15) is 97.8 Å². The van der Waals surface area contributed by atoms with Crippen LogP contribution in [0.5, 0.6) is 0 Å². The van der Waals surface area contributed by atoms with E-state index in [1.54, 1.807) is 0 Å². The Hall–Kier alpha value is -0.410. The second kappa shape index (κ2) is 7.38. The van der Waals surface area contributed by atoms with E-state index in [-0.39, 0.29) is 12.0 Å². The summed E-state index contributed by atoms with van der Waals surface area (Å²) in [5.41, 5.74) is 0.125. The lowest BCUT2D eigenvalue weighted by atomic mass is 9.43. The van der Waals surface area contributed by atoms with Crippen molar-refractivity contribution >= 4 is 5.78 Å². The zero-order chi connectivity index (χ0) is 20.2. The third-order valence-corrected chi connectivity index (χ3v) is 10.4. The van der Waals surface area contributed by atoms with Gasteiger partial charge in [0.05, 0.1) is 5.60 Å². The Morgan fingerprint density at radius 2 is 1.68 bits per heavy atom. The fraction of sp³-hybridized carbons (Fsp3) is 0.960. The lowest BCUT2D eigenvalue weighted by Gasteiger charge is -2.62. The largest absolute Gasteiger partial charge is 0.396 e. The lowest BCUT2D eigenvalue weighted by molar-refractivity contribution is -0.155. The number of aliphatic hydroxyl groups excluding tert-OH is 1. The highest BCUT2D eigenvalue weighted by Gasteiger charge is 2.61. The maximum absolute atomic E-state index is 12.3. The molecule has 28 heavy (non-hydrogen) atoms. The van der Waals surface area contributed by atoms with Gasteiger partial charge in [-0.05, 0) is 118 Å². The molecule has 0 saturated heterocycles. The average molecular weight is 391 g/mol. The van der Waals surface area contributed by atoms with Crippen LogP contribution in [-0.2, 0) is 4.79 Å². The van der Waals surface area contributed by atoms with Gasteiger partial charge in [0.1, 0.15) is 5.78 Å². The Labute approximate surface area is 171 Å². The number of Topliss-reactive ketones (excluding diaryl/α,β-unsaturated/α-hetero) is 1. The van der Waals surface area contributed by atoms with E-state index in [4.69, 9.17) is 5.11 Å². The van der Waals surface area contributed by atoms with E-state index in [0.29, 0.717) is 23.0 Å². The van der Waals surface area contributed by atoms with Crippen molar-refractivity contribution in [2.45, 2.75) is 103 Å². The summed E-state index contributed by atoms with van der Waals surface area (Å²) in [6.45, 7) is 7.04. The summed E-state index contributed by atoms with van der Waals surface area (Å²) in [4.78, 5) is 12.3. The Morgan fingerprint density at radius 3 is 2.39 bits per heavy atom. The Morgan fingerprint density at radius 1 is 0.929 bits per heavy atom. The predicted molar refractivity (Wildman–Crippen MR) is 112 cm³/mol. The molecule has 0 amide bonds. The molecule has 0 aromatic carbocycles. The van der Waals surface area contributed by atoms with Gasteiger partial charge in [-0.25, -0.2) is 0 Å². The first kappa shape index (κ1) is 20.8. The number of fused-ring (bicyclic) bond motifs is 5. The van der Waals surface area contributed by atoms with Gasteiger partial charge in [-0.1, -0.05) is 13.8 Å². The summed E-state index contributed by atoms with van der Waals surface area (Å²) in [7, 11) is 0. The van der Waals surface area contributed by atoms with Crippen LogP contribution in [0.25, 0.3) is 0 Å².